The molecule has 3 saturated heterocycles. The Kier molecular flexibility index (Phi) is 6.51. The molecule has 47 heavy (non-hydrogen) atoms. The first-order valence-electron chi connectivity index (χ1n) is 15.9. The van der Waals surface area contributed by atoms with Gasteiger partial charge in [0, 0.05) is 36.5 Å². The van der Waals surface area contributed by atoms with Gasteiger partial charge in [0.05, 0.1) is 5.92 Å². The lowest BCUT2D eigenvalue weighted by Gasteiger charge is -2.48. The van der Waals surface area contributed by atoms with Gasteiger partial charge < -0.3 is 20.3 Å². The monoisotopic (exact) mass is 649 g/mol. The third-order valence-electron chi connectivity index (χ3n) is 10.5. The molecule has 6 atom stereocenters. The molecule has 0 unspecified atom stereocenters. The number of aromatic nitrogens is 1. The minimum Gasteiger partial charge on any atom is -0.351 e. The predicted molar refractivity (Wildman–Crippen MR) is 163 cm³/mol. The highest BCUT2D eigenvalue weighted by molar-refractivity contribution is 6.01. The minimum absolute atomic E-state index is 0.124. The molecule has 246 valence electrons. The van der Waals surface area contributed by atoms with E-state index in [2.05, 4.69) is 10.3 Å². The van der Waals surface area contributed by atoms with Gasteiger partial charge in [-0.1, -0.05) is 48.5 Å². The number of halogens is 3. The number of nitrogens with one attached hydrogen (secondary N) is 2. The van der Waals surface area contributed by atoms with Crippen LogP contribution in [-0.4, -0.2) is 92.4 Å². The van der Waals surface area contributed by atoms with Crippen molar-refractivity contribution in [3.63, 3.8) is 0 Å². The van der Waals surface area contributed by atoms with E-state index in [-0.39, 0.29) is 36.9 Å². The Morgan fingerprint density at radius 1 is 1.15 bits per heavy atom. The summed E-state index contributed by atoms with van der Waals surface area (Å²) in [5, 5.41) is 15.3. The summed E-state index contributed by atoms with van der Waals surface area (Å²) >= 11 is 0. The van der Waals surface area contributed by atoms with E-state index in [1.165, 1.54) is 6.92 Å². The van der Waals surface area contributed by atoms with Crippen molar-refractivity contribution >= 4 is 34.2 Å². The average molecular weight is 650 g/mol. The van der Waals surface area contributed by atoms with Crippen LogP contribution < -0.4 is 5.32 Å². The first kappa shape index (κ1) is 30.2. The zero-order chi connectivity index (χ0) is 33.0. The molecule has 3 amide bonds. The number of aromatic amines is 1. The number of carbonyl (C=O) groups excluding carboxylic acids is 3. The fourth-order valence-corrected chi connectivity index (χ4v) is 8.45. The Hall–Kier alpha value is -4.20. The predicted octanol–water partition coefficient (Wildman–Crippen LogP) is 3.01. The molecule has 10 nitrogen and oxygen atoms in total. The van der Waals surface area contributed by atoms with Gasteiger partial charge in [-0.2, -0.15) is 13.2 Å². The average Bonchev–Trinajstić information content (AvgIpc) is 3.72. The Balaban J connectivity index is 1.12. The van der Waals surface area contributed by atoms with Crippen LogP contribution in [0.1, 0.15) is 42.1 Å². The second-order valence-corrected chi connectivity index (χ2v) is 13.4. The number of alkyl halides is 3. The molecule has 1 aromatic heterocycles. The number of fused-ring (bicyclic) bond motifs is 5. The lowest BCUT2D eigenvalue weighted by Crippen LogP contribution is -2.71. The number of ether oxygens (including phenoxy) is 1. The molecule has 3 aromatic rings. The number of nitrogens with zero attached hydrogens (tertiary/aromatic N) is 3. The molecule has 0 radical (unpaired) electrons. The van der Waals surface area contributed by atoms with Gasteiger partial charge in [-0.05, 0) is 61.6 Å². The molecule has 1 aliphatic carbocycles. The van der Waals surface area contributed by atoms with Gasteiger partial charge in [-0.3, -0.25) is 28.9 Å². The van der Waals surface area contributed by atoms with E-state index < -0.39 is 53.3 Å². The van der Waals surface area contributed by atoms with Crippen LogP contribution in [-0.2, 0) is 38.1 Å². The van der Waals surface area contributed by atoms with Gasteiger partial charge in [0.25, 0.3) is 11.8 Å². The SMILES string of the molecule is CN1C[C@H](C(=O)N[C@]2(C)O[C@@]3(O)[C@@H]4CCCN4C(=O)[C@H](Cc4ccccc4)N3C2=O)C=C2c3cccc4[nH]c(C(F)(F)F)c(c34)C[C@H]21. The van der Waals surface area contributed by atoms with Gasteiger partial charge in [-0.15, -0.1) is 0 Å². The number of likely N-dealkylation sites (N-methyl/N-ethyl adjacent to an activating group) is 1. The van der Waals surface area contributed by atoms with Crippen molar-refractivity contribution in [1.29, 1.82) is 0 Å². The Morgan fingerprint density at radius 2 is 1.91 bits per heavy atom. The van der Waals surface area contributed by atoms with Crippen molar-refractivity contribution in [2.24, 2.45) is 5.92 Å². The number of benzene rings is 2. The summed E-state index contributed by atoms with van der Waals surface area (Å²) < 4.78 is 48.0. The number of aliphatic hydroxyl groups is 1. The molecule has 13 heteroatoms. The van der Waals surface area contributed by atoms with E-state index in [1.807, 2.05) is 35.2 Å². The molecular formula is C34H34F3N5O5. The molecule has 2 aromatic carbocycles. The van der Waals surface area contributed by atoms with E-state index in [9.17, 15) is 32.7 Å². The number of piperazine rings is 1. The van der Waals surface area contributed by atoms with Gasteiger partial charge in [0.1, 0.15) is 17.8 Å². The molecule has 0 spiro atoms. The summed E-state index contributed by atoms with van der Waals surface area (Å²) in [6, 6.07) is 12.1. The molecular weight excluding hydrogens is 615 g/mol. The summed E-state index contributed by atoms with van der Waals surface area (Å²) in [7, 11) is 1.76. The van der Waals surface area contributed by atoms with Gasteiger partial charge in [-0.25, -0.2) is 0 Å². The highest BCUT2D eigenvalue weighted by Gasteiger charge is 2.70. The molecule has 4 aliphatic heterocycles. The number of hydrogen-bond donors (Lipinski definition) is 3. The third-order valence-corrected chi connectivity index (χ3v) is 10.5. The summed E-state index contributed by atoms with van der Waals surface area (Å²) in [5.41, 5.74) is 0.0213. The van der Waals surface area contributed by atoms with E-state index in [0.29, 0.717) is 35.9 Å². The highest BCUT2D eigenvalue weighted by Crippen LogP contribution is 2.47. The first-order chi connectivity index (χ1) is 22.3. The zero-order valence-electron chi connectivity index (χ0n) is 25.8. The van der Waals surface area contributed by atoms with Crippen molar-refractivity contribution in [2.45, 2.75) is 68.5 Å². The largest absolute Gasteiger partial charge is 0.431 e. The lowest BCUT2D eigenvalue weighted by molar-refractivity contribution is -0.315. The van der Waals surface area contributed by atoms with Crippen LogP contribution >= 0.6 is 0 Å². The van der Waals surface area contributed by atoms with Gasteiger partial charge in [0.2, 0.25) is 17.5 Å². The van der Waals surface area contributed by atoms with E-state index in [4.69, 9.17) is 4.74 Å². The van der Waals surface area contributed by atoms with Crippen molar-refractivity contribution in [1.82, 2.24) is 25.0 Å². The standard InChI is InChI=1S/C34H34F3N5O5/c1-32(31(45)42-25(14-18-8-4-3-5-9-18)30(44)41-13-7-12-26(41)34(42,46)47-32)39-29(43)19-15-21-20-10-6-11-23-27(20)22(16-24(21)40(2)17-19)28(38-23)33(35,36)37/h3-6,8-11,15,19,24-26,38,46H,7,12-14,16-17H2,1-2H3,(H,39,43)/t19-,24-,25+,26+,32-,34+/m1/s1. The van der Waals surface area contributed by atoms with Crippen LogP contribution in [0.2, 0.25) is 0 Å². The van der Waals surface area contributed by atoms with Crippen molar-refractivity contribution in [2.75, 3.05) is 20.1 Å². The molecule has 5 aliphatic rings. The number of hydrogen-bond acceptors (Lipinski definition) is 6. The second-order valence-electron chi connectivity index (χ2n) is 13.4. The van der Waals surface area contributed by atoms with Crippen molar-refractivity contribution in [3.8, 4) is 0 Å². The van der Waals surface area contributed by atoms with Crippen LogP contribution in [0.4, 0.5) is 13.2 Å². The maximum atomic E-state index is 14.2. The van der Waals surface area contributed by atoms with Crippen molar-refractivity contribution < 1.29 is 37.4 Å². The van der Waals surface area contributed by atoms with E-state index in [1.54, 1.807) is 36.2 Å². The maximum Gasteiger partial charge on any atom is 0.431 e. The molecule has 8 rings (SSSR count). The molecule has 0 bridgehead atoms. The number of H-pyrrole nitrogens is 1. The normalized spacial score (nSPS) is 31.9. The highest BCUT2D eigenvalue weighted by atomic mass is 19.4. The summed E-state index contributed by atoms with van der Waals surface area (Å²) in [4.78, 5) is 49.0. The molecule has 0 saturated carbocycles. The first-order valence-corrected chi connectivity index (χ1v) is 15.9. The molecule has 3 N–H and O–H groups in total. The zero-order valence-corrected chi connectivity index (χ0v) is 25.8. The quantitative estimate of drug-likeness (QED) is 0.400. The molecule has 3 fully saturated rings. The molecule has 5 heterocycles. The number of rotatable bonds is 4. The van der Waals surface area contributed by atoms with Crippen LogP contribution in [0, 0.1) is 5.92 Å². The summed E-state index contributed by atoms with van der Waals surface area (Å²) in [6.45, 7) is 2.00. The third kappa shape index (κ3) is 4.39. The van der Waals surface area contributed by atoms with Crippen molar-refractivity contribution in [3.05, 3.63) is 77.0 Å². The topological polar surface area (TPSA) is 118 Å². The maximum absolute atomic E-state index is 14.2. The minimum atomic E-state index is -4.54. The van der Waals surface area contributed by atoms with E-state index >= 15 is 0 Å². The van der Waals surface area contributed by atoms with E-state index in [0.717, 1.165) is 16.0 Å². The fourth-order valence-electron chi connectivity index (χ4n) is 8.45. The summed E-state index contributed by atoms with van der Waals surface area (Å²) in [5.74, 6) is -4.46. The fraction of sp³-hybridized carbons (Fsp3) is 0.441. The smallest absolute Gasteiger partial charge is 0.351 e. The summed E-state index contributed by atoms with van der Waals surface area (Å²) in [6.07, 6.45) is -1.43. The number of amides is 3. The Labute approximate surface area is 268 Å². The van der Waals surface area contributed by atoms with Gasteiger partial charge in [0.15, 0.2) is 0 Å². The number of carbonyl (C=O) groups is 3. The lowest BCUT2D eigenvalue weighted by atomic mass is 9.79. The van der Waals surface area contributed by atoms with Crippen LogP contribution in [0.5, 0.6) is 0 Å². The van der Waals surface area contributed by atoms with Crippen LogP contribution in [0.3, 0.4) is 0 Å². The Bertz CT molecular complexity index is 1860. The van der Waals surface area contributed by atoms with Gasteiger partial charge >= 0.3 is 6.18 Å². The second kappa shape index (κ2) is 10.1. The van der Waals surface area contributed by atoms with Crippen LogP contribution in [0.15, 0.2) is 54.6 Å². The Morgan fingerprint density at radius 3 is 2.66 bits per heavy atom. The van der Waals surface area contributed by atoms with Crippen LogP contribution in [0.25, 0.3) is 16.5 Å².